The third-order valence-corrected chi connectivity index (χ3v) is 3.66. The first-order valence-corrected chi connectivity index (χ1v) is 7.22. The van der Waals surface area contributed by atoms with Gasteiger partial charge < -0.3 is 19.2 Å². The van der Waals surface area contributed by atoms with Crippen molar-refractivity contribution in [2.45, 2.75) is 26.8 Å². The zero-order valence-corrected chi connectivity index (χ0v) is 13.3. The molecular formula is C16H21NO5. The van der Waals surface area contributed by atoms with E-state index in [0.717, 1.165) is 0 Å². The summed E-state index contributed by atoms with van der Waals surface area (Å²) in [5, 5.41) is 10.2. The van der Waals surface area contributed by atoms with Gasteiger partial charge in [-0.25, -0.2) is 0 Å². The molecule has 2 rings (SSSR count). The van der Waals surface area contributed by atoms with E-state index in [-0.39, 0.29) is 23.8 Å². The molecule has 6 nitrogen and oxygen atoms in total. The fourth-order valence-corrected chi connectivity index (χ4v) is 2.53. The average Bonchev–Trinajstić information content (AvgIpc) is 2.99. The first-order chi connectivity index (χ1) is 10.4. The van der Waals surface area contributed by atoms with Gasteiger partial charge >= 0.3 is 0 Å². The van der Waals surface area contributed by atoms with Crippen molar-refractivity contribution in [2.75, 3.05) is 20.3 Å². The lowest BCUT2D eigenvalue weighted by Gasteiger charge is -2.24. The highest BCUT2D eigenvalue weighted by Gasteiger charge is 2.45. The molecule has 1 aliphatic heterocycles. The van der Waals surface area contributed by atoms with Crippen LogP contribution >= 0.6 is 0 Å². The van der Waals surface area contributed by atoms with Crippen molar-refractivity contribution in [1.29, 1.82) is 0 Å². The van der Waals surface area contributed by atoms with Gasteiger partial charge in [-0.1, -0.05) is 13.8 Å². The minimum Gasteiger partial charge on any atom is -0.503 e. The number of aliphatic hydroxyl groups excluding tert-OH is 1. The summed E-state index contributed by atoms with van der Waals surface area (Å²) in [5.41, 5.74) is 0.102. The van der Waals surface area contributed by atoms with Crippen molar-refractivity contribution >= 4 is 11.7 Å². The predicted octanol–water partition coefficient (Wildman–Crippen LogP) is 2.15. The van der Waals surface area contributed by atoms with Gasteiger partial charge in [0.25, 0.3) is 5.91 Å². The maximum atomic E-state index is 12.4. The minimum absolute atomic E-state index is 0.102. The van der Waals surface area contributed by atoms with Crippen LogP contribution in [-0.2, 0) is 14.3 Å². The van der Waals surface area contributed by atoms with Crippen molar-refractivity contribution in [3.05, 3.63) is 35.0 Å². The van der Waals surface area contributed by atoms with E-state index in [4.69, 9.17) is 9.15 Å². The van der Waals surface area contributed by atoms with Crippen LogP contribution in [0.3, 0.4) is 0 Å². The number of rotatable bonds is 6. The number of aryl methyl sites for hydroxylation is 1. The summed E-state index contributed by atoms with van der Waals surface area (Å²) in [4.78, 5) is 26.2. The van der Waals surface area contributed by atoms with E-state index in [9.17, 15) is 14.7 Å². The molecule has 1 aromatic heterocycles. The molecule has 0 bridgehead atoms. The van der Waals surface area contributed by atoms with Crippen molar-refractivity contribution in [1.82, 2.24) is 4.90 Å². The summed E-state index contributed by atoms with van der Waals surface area (Å²) in [6.45, 7) is 5.81. The second-order valence-corrected chi connectivity index (χ2v) is 5.62. The number of ketones is 1. The number of carbonyl (C=O) groups excluding carboxylic acids is 2. The Labute approximate surface area is 129 Å². The van der Waals surface area contributed by atoms with Crippen LogP contribution in [0.4, 0.5) is 0 Å². The Morgan fingerprint density at radius 2 is 2.14 bits per heavy atom. The Bertz CT molecular complexity index is 614. The maximum absolute atomic E-state index is 12.4. The van der Waals surface area contributed by atoms with Gasteiger partial charge in [0, 0.05) is 19.6 Å². The highest BCUT2D eigenvalue weighted by atomic mass is 16.5. The van der Waals surface area contributed by atoms with E-state index in [1.54, 1.807) is 32.9 Å². The summed E-state index contributed by atoms with van der Waals surface area (Å²) >= 11 is 0. The Morgan fingerprint density at radius 1 is 1.45 bits per heavy atom. The van der Waals surface area contributed by atoms with Crippen LogP contribution in [0.1, 0.15) is 31.4 Å². The number of ether oxygens (including phenoxy) is 1. The van der Waals surface area contributed by atoms with Gasteiger partial charge in [0.15, 0.2) is 11.5 Å². The van der Waals surface area contributed by atoms with Crippen molar-refractivity contribution in [3.8, 4) is 0 Å². The normalized spacial score (nSPS) is 18.7. The van der Waals surface area contributed by atoms with Crippen molar-refractivity contribution < 1.29 is 23.8 Å². The van der Waals surface area contributed by atoms with Crippen LogP contribution in [0, 0.1) is 12.8 Å². The number of hydrogen-bond acceptors (Lipinski definition) is 5. The highest BCUT2D eigenvalue weighted by molar-refractivity contribution is 6.09. The van der Waals surface area contributed by atoms with Gasteiger partial charge in [0.05, 0.1) is 12.2 Å². The molecule has 120 valence electrons. The van der Waals surface area contributed by atoms with E-state index in [1.165, 1.54) is 12.0 Å². The zero-order chi connectivity index (χ0) is 16.4. The molecule has 0 aliphatic carbocycles. The van der Waals surface area contributed by atoms with Gasteiger partial charge in [0.2, 0.25) is 0 Å². The molecule has 1 N–H and O–H groups in total. The average molecular weight is 307 g/mol. The largest absolute Gasteiger partial charge is 0.503 e. The maximum Gasteiger partial charge on any atom is 0.290 e. The summed E-state index contributed by atoms with van der Waals surface area (Å²) in [6.07, 6.45) is 0. The van der Waals surface area contributed by atoms with E-state index >= 15 is 0 Å². The number of methoxy groups -OCH3 is 1. The van der Waals surface area contributed by atoms with E-state index < -0.39 is 17.7 Å². The molecule has 0 saturated heterocycles. The van der Waals surface area contributed by atoms with Crippen LogP contribution in [-0.4, -0.2) is 42.0 Å². The molecule has 0 aromatic carbocycles. The Hall–Kier alpha value is -2.08. The van der Waals surface area contributed by atoms with Gasteiger partial charge in [0.1, 0.15) is 17.6 Å². The molecule has 2 heterocycles. The summed E-state index contributed by atoms with van der Waals surface area (Å²) in [5.74, 6) is -0.503. The molecule has 0 radical (unpaired) electrons. The van der Waals surface area contributed by atoms with Gasteiger partial charge in [-0.2, -0.15) is 0 Å². The number of aliphatic hydroxyl groups is 1. The van der Waals surface area contributed by atoms with Gasteiger partial charge in [-0.3, -0.25) is 9.59 Å². The fraction of sp³-hybridized carbons (Fsp3) is 0.500. The lowest BCUT2D eigenvalue weighted by Crippen LogP contribution is -2.34. The molecule has 1 aliphatic rings. The molecular weight excluding hydrogens is 286 g/mol. The molecule has 0 fully saturated rings. The SMILES string of the molecule is COCCN1C(=O)C(O)=C(C(=O)C(C)C)C1c1ccc(C)o1. The molecule has 0 spiro atoms. The molecule has 22 heavy (non-hydrogen) atoms. The second-order valence-electron chi connectivity index (χ2n) is 5.62. The third-order valence-electron chi connectivity index (χ3n) is 3.66. The van der Waals surface area contributed by atoms with Gasteiger partial charge in [-0.15, -0.1) is 0 Å². The number of nitrogens with zero attached hydrogens (tertiary/aromatic N) is 1. The quantitative estimate of drug-likeness (QED) is 0.871. The van der Waals surface area contributed by atoms with Gasteiger partial charge in [-0.05, 0) is 19.1 Å². The van der Waals surface area contributed by atoms with Crippen molar-refractivity contribution in [2.24, 2.45) is 5.92 Å². The number of carbonyl (C=O) groups is 2. The smallest absolute Gasteiger partial charge is 0.290 e. The minimum atomic E-state index is -0.703. The van der Waals surface area contributed by atoms with E-state index in [1.807, 2.05) is 0 Å². The molecule has 1 unspecified atom stereocenters. The molecule has 0 saturated carbocycles. The third kappa shape index (κ3) is 2.78. The zero-order valence-electron chi connectivity index (χ0n) is 13.3. The summed E-state index contributed by atoms with van der Waals surface area (Å²) in [6, 6.07) is 2.78. The topological polar surface area (TPSA) is 80.0 Å². The standard InChI is InChI=1S/C16H21NO5/c1-9(2)14(18)12-13(11-6-5-10(3)22-11)17(7-8-21-4)16(20)15(12)19/h5-6,9,13,19H,7-8H2,1-4H3. The summed E-state index contributed by atoms with van der Waals surface area (Å²) < 4.78 is 10.6. The van der Waals surface area contributed by atoms with Crippen molar-refractivity contribution in [3.63, 3.8) is 0 Å². The van der Waals surface area contributed by atoms with E-state index in [2.05, 4.69) is 0 Å². The van der Waals surface area contributed by atoms with Crippen LogP contribution < -0.4 is 0 Å². The monoisotopic (exact) mass is 307 g/mol. The van der Waals surface area contributed by atoms with E-state index in [0.29, 0.717) is 18.1 Å². The summed E-state index contributed by atoms with van der Waals surface area (Å²) in [7, 11) is 1.53. The predicted molar refractivity (Wildman–Crippen MR) is 79.3 cm³/mol. The first kappa shape index (κ1) is 16.3. The number of hydrogen-bond donors (Lipinski definition) is 1. The Kier molecular flexibility index (Phi) is 4.71. The lowest BCUT2D eigenvalue weighted by atomic mass is 9.94. The molecule has 1 aromatic rings. The Morgan fingerprint density at radius 3 is 2.64 bits per heavy atom. The number of amides is 1. The van der Waals surface area contributed by atoms with Crippen LogP contribution in [0.2, 0.25) is 0 Å². The van der Waals surface area contributed by atoms with Crippen LogP contribution in [0.15, 0.2) is 27.9 Å². The molecule has 6 heteroatoms. The Balaban J connectivity index is 2.47. The number of Topliss-reactive ketones (excluding diaryl/α,β-unsaturated/α-hetero) is 1. The number of furan rings is 1. The first-order valence-electron chi connectivity index (χ1n) is 7.22. The lowest BCUT2D eigenvalue weighted by molar-refractivity contribution is -0.130. The highest BCUT2D eigenvalue weighted by Crippen LogP contribution is 2.39. The van der Waals surface area contributed by atoms with Crippen LogP contribution in [0.5, 0.6) is 0 Å². The second kappa shape index (κ2) is 6.36. The molecule has 1 atom stereocenters. The van der Waals surface area contributed by atoms with Crippen LogP contribution in [0.25, 0.3) is 0 Å². The fourth-order valence-electron chi connectivity index (χ4n) is 2.53. The molecule has 1 amide bonds.